The maximum atomic E-state index is 12.2. The van der Waals surface area contributed by atoms with Crippen LogP contribution in [0.4, 0.5) is 5.69 Å². The van der Waals surface area contributed by atoms with Crippen LogP contribution in [0.3, 0.4) is 0 Å². The first kappa shape index (κ1) is 18.0. The number of aliphatic carboxylic acids is 1. The van der Waals surface area contributed by atoms with Crippen LogP contribution in [0, 0.1) is 5.92 Å². The summed E-state index contributed by atoms with van der Waals surface area (Å²) in [6.07, 6.45) is 4.49. The van der Waals surface area contributed by atoms with Gasteiger partial charge in [-0.2, -0.15) is 0 Å². The first-order valence-electron chi connectivity index (χ1n) is 8.37. The minimum Gasteiger partial charge on any atom is -0.481 e. The second kappa shape index (κ2) is 8.47. The minimum absolute atomic E-state index is 0.0359. The van der Waals surface area contributed by atoms with E-state index in [1.54, 1.807) is 31.2 Å². The molecule has 0 aromatic heterocycles. The van der Waals surface area contributed by atoms with Crippen molar-refractivity contribution in [2.75, 3.05) is 5.32 Å². The molecule has 1 saturated carbocycles. The van der Waals surface area contributed by atoms with E-state index in [4.69, 9.17) is 5.11 Å². The van der Waals surface area contributed by atoms with Crippen LogP contribution in [-0.2, 0) is 20.8 Å². The number of carbonyl (C=O) groups is 3. The summed E-state index contributed by atoms with van der Waals surface area (Å²) in [4.78, 5) is 34.8. The van der Waals surface area contributed by atoms with Gasteiger partial charge in [-0.3, -0.25) is 14.4 Å². The Morgan fingerprint density at radius 2 is 1.79 bits per heavy atom. The van der Waals surface area contributed by atoms with E-state index in [1.165, 1.54) is 0 Å². The molecule has 3 N–H and O–H groups in total. The van der Waals surface area contributed by atoms with Crippen molar-refractivity contribution in [3.8, 4) is 0 Å². The Labute approximate surface area is 141 Å². The van der Waals surface area contributed by atoms with Crippen molar-refractivity contribution >= 4 is 23.5 Å². The number of benzene rings is 1. The fourth-order valence-electron chi connectivity index (χ4n) is 2.84. The molecule has 1 aliphatic carbocycles. The van der Waals surface area contributed by atoms with Gasteiger partial charge >= 0.3 is 5.97 Å². The number of anilines is 1. The lowest BCUT2D eigenvalue weighted by atomic mass is 10.1. The molecule has 1 atom stereocenters. The highest BCUT2D eigenvalue weighted by molar-refractivity contribution is 5.97. The van der Waals surface area contributed by atoms with Gasteiger partial charge in [0.2, 0.25) is 11.8 Å². The Hall–Kier alpha value is -2.37. The number of amides is 2. The Bertz CT molecular complexity index is 592. The van der Waals surface area contributed by atoms with Gasteiger partial charge in [0.15, 0.2) is 0 Å². The molecule has 2 rings (SSSR count). The lowest BCUT2D eigenvalue weighted by Gasteiger charge is -2.17. The Morgan fingerprint density at radius 3 is 2.38 bits per heavy atom. The second-order valence-corrected chi connectivity index (χ2v) is 6.29. The maximum absolute atomic E-state index is 12.2. The standard InChI is InChI=1S/C18H24N2O4/c1-12(19-18(24)14-4-2-3-5-14)17(23)20-15-9-6-13(7-10-15)8-11-16(21)22/h6-7,9-10,12,14H,2-5,8,11H2,1H3,(H,19,24)(H,20,23)(H,21,22). The molecule has 1 aliphatic rings. The lowest BCUT2D eigenvalue weighted by molar-refractivity contribution is -0.137. The van der Waals surface area contributed by atoms with E-state index in [0.717, 1.165) is 31.2 Å². The van der Waals surface area contributed by atoms with Gasteiger partial charge in [0, 0.05) is 18.0 Å². The van der Waals surface area contributed by atoms with Crippen LogP contribution in [0.1, 0.15) is 44.6 Å². The normalized spacial score (nSPS) is 15.7. The van der Waals surface area contributed by atoms with Crippen molar-refractivity contribution in [1.82, 2.24) is 5.32 Å². The van der Waals surface area contributed by atoms with Gasteiger partial charge in [0.25, 0.3) is 0 Å². The van der Waals surface area contributed by atoms with E-state index in [1.807, 2.05) is 0 Å². The Kier molecular flexibility index (Phi) is 6.35. The summed E-state index contributed by atoms with van der Waals surface area (Å²) in [5.74, 6) is -1.10. The number of rotatable bonds is 7. The predicted octanol–water partition coefficient (Wildman–Crippen LogP) is 2.34. The largest absolute Gasteiger partial charge is 0.481 e. The summed E-state index contributed by atoms with van der Waals surface area (Å²) in [5.41, 5.74) is 1.53. The van der Waals surface area contributed by atoms with Gasteiger partial charge in [-0.1, -0.05) is 25.0 Å². The summed E-state index contributed by atoms with van der Waals surface area (Å²) >= 11 is 0. The fourth-order valence-corrected chi connectivity index (χ4v) is 2.84. The monoisotopic (exact) mass is 332 g/mol. The molecule has 0 heterocycles. The highest BCUT2D eigenvalue weighted by atomic mass is 16.4. The molecule has 24 heavy (non-hydrogen) atoms. The van der Waals surface area contributed by atoms with Gasteiger partial charge < -0.3 is 15.7 Å². The maximum Gasteiger partial charge on any atom is 0.303 e. The molecular formula is C18H24N2O4. The number of hydrogen-bond donors (Lipinski definition) is 3. The van der Waals surface area contributed by atoms with Gasteiger partial charge in [0.1, 0.15) is 6.04 Å². The zero-order chi connectivity index (χ0) is 17.5. The van der Waals surface area contributed by atoms with Crippen LogP contribution in [0.5, 0.6) is 0 Å². The van der Waals surface area contributed by atoms with Crippen LogP contribution in [0.2, 0.25) is 0 Å². The third kappa shape index (κ3) is 5.37. The summed E-state index contributed by atoms with van der Waals surface area (Å²) in [7, 11) is 0. The molecule has 0 radical (unpaired) electrons. The van der Waals surface area contributed by atoms with Crippen molar-refractivity contribution in [1.29, 1.82) is 0 Å². The molecule has 1 fully saturated rings. The topological polar surface area (TPSA) is 95.5 Å². The molecule has 0 aliphatic heterocycles. The molecule has 0 spiro atoms. The molecule has 6 heteroatoms. The minimum atomic E-state index is -0.834. The molecule has 6 nitrogen and oxygen atoms in total. The average molecular weight is 332 g/mol. The second-order valence-electron chi connectivity index (χ2n) is 6.29. The number of carboxylic acids is 1. The summed E-state index contributed by atoms with van der Waals surface area (Å²) in [6.45, 7) is 1.67. The van der Waals surface area contributed by atoms with E-state index < -0.39 is 12.0 Å². The summed E-state index contributed by atoms with van der Waals surface area (Å²) in [5, 5.41) is 14.2. The Balaban J connectivity index is 1.82. The number of hydrogen-bond acceptors (Lipinski definition) is 3. The van der Waals surface area contributed by atoms with Crippen molar-refractivity contribution in [2.45, 2.75) is 51.5 Å². The van der Waals surface area contributed by atoms with Crippen LogP contribution in [0.25, 0.3) is 0 Å². The smallest absolute Gasteiger partial charge is 0.303 e. The number of nitrogens with one attached hydrogen (secondary N) is 2. The SMILES string of the molecule is CC(NC(=O)C1CCCC1)C(=O)Nc1ccc(CCC(=O)O)cc1. The van der Waals surface area contributed by atoms with E-state index >= 15 is 0 Å². The molecule has 0 saturated heterocycles. The number of aryl methyl sites for hydroxylation is 1. The average Bonchev–Trinajstić information content (AvgIpc) is 3.08. The van der Waals surface area contributed by atoms with E-state index in [9.17, 15) is 14.4 Å². The zero-order valence-electron chi connectivity index (χ0n) is 13.9. The van der Waals surface area contributed by atoms with Crippen LogP contribution in [0.15, 0.2) is 24.3 Å². The number of carbonyl (C=O) groups excluding carboxylic acids is 2. The highest BCUT2D eigenvalue weighted by Gasteiger charge is 2.25. The molecule has 2 amide bonds. The summed E-state index contributed by atoms with van der Waals surface area (Å²) < 4.78 is 0. The van der Waals surface area contributed by atoms with Crippen LogP contribution in [-0.4, -0.2) is 28.9 Å². The molecule has 1 aromatic rings. The van der Waals surface area contributed by atoms with Gasteiger partial charge in [0.05, 0.1) is 0 Å². The third-order valence-corrected chi connectivity index (χ3v) is 4.33. The van der Waals surface area contributed by atoms with E-state index in [2.05, 4.69) is 10.6 Å². The molecule has 130 valence electrons. The lowest BCUT2D eigenvalue weighted by Crippen LogP contribution is -2.43. The quantitative estimate of drug-likeness (QED) is 0.714. The molecule has 1 unspecified atom stereocenters. The zero-order valence-corrected chi connectivity index (χ0v) is 13.9. The summed E-state index contributed by atoms with van der Waals surface area (Å²) in [6, 6.07) is 6.46. The highest BCUT2D eigenvalue weighted by Crippen LogP contribution is 2.24. The number of carboxylic acid groups (broad SMARTS) is 1. The predicted molar refractivity (Wildman–Crippen MR) is 90.6 cm³/mol. The van der Waals surface area contributed by atoms with Crippen molar-refractivity contribution in [2.24, 2.45) is 5.92 Å². The van der Waals surface area contributed by atoms with Gasteiger partial charge in [-0.25, -0.2) is 0 Å². The first-order valence-corrected chi connectivity index (χ1v) is 8.37. The Morgan fingerprint density at radius 1 is 1.17 bits per heavy atom. The van der Waals surface area contributed by atoms with E-state index in [0.29, 0.717) is 12.1 Å². The molecular weight excluding hydrogens is 308 g/mol. The molecule has 0 bridgehead atoms. The van der Waals surface area contributed by atoms with Crippen molar-refractivity contribution in [3.63, 3.8) is 0 Å². The van der Waals surface area contributed by atoms with Crippen molar-refractivity contribution < 1.29 is 19.5 Å². The van der Waals surface area contributed by atoms with E-state index in [-0.39, 0.29) is 24.2 Å². The van der Waals surface area contributed by atoms with Gasteiger partial charge in [-0.05, 0) is 43.9 Å². The van der Waals surface area contributed by atoms with Crippen LogP contribution >= 0.6 is 0 Å². The molecule has 1 aromatic carbocycles. The first-order chi connectivity index (χ1) is 11.5. The fraction of sp³-hybridized carbons (Fsp3) is 0.500. The van der Waals surface area contributed by atoms with Crippen LogP contribution < -0.4 is 10.6 Å². The van der Waals surface area contributed by atoms with Gasteiger partial charge in [-0.15, -0.1) is 0 Å². The van der Waals surface area contributed by atoms with Crippen molar-refractivity contribution in [3.05, 3.63) is 29.8 Å². The third-order valence-electron chi connectivity index (χ3n) is 4.33.